The highest BCUT2D eigenvalue weighted by Gasteiger charge is 2.38. The molecule has 0 aromatic heterocycles. The number of fused-ring (bicyclic) bond motifs is 2. The standard InChI is InChI=1S/C8H12B2/c9-8(10)7-3-5-1-6(2-5)4-7/h5-8H,1-4H2. The lowest BCUT2D eigenvalue weighted by molar-refractivity contribution is 0.0718. The van der Waals surface area contributed by atoms with E-state index in [4.69, 9.17) is 15.7 Å². The minimum Gasteiger partial charge on any atom is -0.107 e. The summed E-state index contributed by atoms with van der Waals surface area (Å²) in [6.07, 6.45) is 5.52. The fraction of sp³-hybridized carbons (Fsp3) is 1.00. The smallest absolute Gasteiger partial charge is 0.0579 e. The minimum absolute atomic E-state index is 0.0504. The van der Waals surface area contributed by atoms with Crippen molar-refractivity contribution in [3.05, 3.63) is 0 Å². The van der Waals surface area contributed by atoms with Crippen LogP contribution in [0.15, 0.2) is 0 Å². The first kappa shape index (κ1) is 6.82. The third-order valence-electron chi connectivity index (χ3n) is 3.15. The fourth-order valence-electron chi connectivity index (χ4n) is 2.53. The summed E-state index contributed by atoms with van der Waals surface area (Å²) in [7, 11) is 11.3. The van der Waals surface area contributed by atoms with Gasteiger partial charge in [-0.1, -0.05) is 5.92 Å². The maximum atomic E-state index is 5.63. The van der Waals surface area contributed by atoms with Crippen molar-refractivity contribution in [1.29, 1.82) is 0 Å². The highest BCUT2D eigenvalue weighted by atomic mass is 14.4. The maximum absolute atomic E-state index is 5.63. The lowest BCUT2D eigenvalue weighted by Crippen LogP contribution is -2.35. The van der Waals surface area contributed by atoms with E-state index in [1.807, 2.05) is 0 Å². The van der Waals surface area contributed by atoms with Crippen LogP contribution in [-0.2, 0) is 0 Å². The van der Waals surface area contributed by atoms with Crippen LogP contribution in [0.3, 0.4) is 0 Å². The second-order valence-electron chi connectivity index (χ2n) is 4.01. The molecule has 0 aromatic rings. The maximum Gasteiger partial charge on any atom is 0.0579 e. The first-order chi connectivity index (χ1) is 4.75. The third kappa shape index (κ3) is 1.02. The Morgan fingerprint density at radius 2 is 1.40 bits per heavy atom. The second kappa shape index (κ2) is 2.32. The zero-order valence-electron chi connectivity index (χ0n) is 6.29. The lowest BCUT2D eigenvalue weighted by atomic mass is 9.52. The van der Waals surface area contributed by atoms with Crippen LogP contribution in [0.1, 0.15) is 25.7 Å². The molecule has 3 aliphatic rings. The molecule has 3 aliphatic carbocycles. The summed E-state index contributed by atoms with van der Waals surface area (Å²) in [6.45, 7) is 0. The molecular weight excluding hydrogens is 118 g/mol. The number of hydrogen-bond donors (Lipinski definition) is 0. The predicted octanol–water partition coefficient (Wildman–Crippen LogP) is 1.51. The van der Waals surface area contributed by atoms with Crippen LogP contribution in [-0.4, -0.2) is 15.7 Å². The summed E-state index contributed by atoms with van der Waals surface area (Å²) in [4.78, 5) is 0. The number of hydrogen-bond acceptors (Lipinski definition) is 0. The van der Waals surface area contributed by atoms with Gasteiger partial charge in [0, 0.05) is 0 Å². The van der Waals surface area contributed by atoms with Gasteiger partial charge in [0.25, 0.3) is 0 Å². The molecular formula is C8H12B2. The third-order valence-corrected chi connectivity index (χ3v) is 3.15. The van der Waals surface area contributed by atoms with Crippen molar-refractivity contribution in [3.63, 3.8) is 0 Å². The highest BCUT2D eigenvalue weighted by molar-refractivity contribution is 6.35. The average molecular weight is 130 g/mol. The highest BCUT2D eigenvalue weighted by Crippen LogP contribution is 2.50. The molecule has 0 nitrogen and oxygen atoms in total. The minimum atomic E-state index is -0.0504. The van der Waals surface area contributed by atoms with Crippen molar-refractivity contribution in [2.45, 2.75) is 31.4 Å². The van der Waals surface area contributed by atoms with Crippen LogP contribution in [0.4, 0.5) is 0 Å². The molecule has 0 unspecified atom stereocenters. The Morgan fingerprint density at radius 3 is 1.70 bits per heavy atom. The van der Waals surface area contributed by atoms with Crippen molar-refractivity contribution < 1.29 is 0 Å². The Morgan fingerprint density at radius 1 is 0.900 bits per heavy atom. The molecule has 0 aliphatic heterocycles. The molecule has 10 heavy (non-hydrogen) atoms. The summed E-state index contributed by atoms with van der Waals surface area (Å²) < 4.78 is 0. The van der Waals surface area contributed by atoms with Crippen molar-refractivity contribution in [3.8, 4) is 0 Å². The fourth-order valence-corrected chi connectivity index (χ4v) is 2.53. The van der Waals surface area contributed by atoms with Crippen molar-refractivity contribution in [2.75, 3.05) is 0 Å². The number of rotatable bonds is 1. The van der Waals surface area contributed by atoms with E-state index in [1.165, 1.54) is 25.7 Å². The van der Waals surface area contributed by atoms with Gasteiger partial charge in [0.1, 0.15) is 0 Å². The normalized spacial score (nSPS) is 45.1. The van der Waals surface area contributed by atoms with Crippen LogP contribution in [0.2, 0.25) is 5.72 Å². The molecule has 0 spiro atoms. The molecule has 0 heterocycles. The van der Waals surface area contributed by atoms with E-state index in [0.29, 0.717) is 5.92 Å². The van der Waals surface area contributed by atoms with E-state index in [0.717, 1.165) is 11.8 Å². The van der Waals surface area contributed by atoms with Crippen molar-refractivity contribution in [1.82, 2.24) is 0 Å². The van der Waals surface area contributed by atoms with Crippen molar-refractivity contribution in [2.24, 2.45) is 17.8 Å². The Balaban J connectivity index is 1.91. The average Bonchev–Trinajstić information content (AvgIpc) is 1.86. The largest absolute Gasteiger partial charge is 0.107 e. The van der Waals surface area contributed by atoms with Crippen LogP contribution in [0, 0.1) is 17.8 Å². The van der Waals surface area contributed by atoms with Gasteiger partial charge >= 0.3 is 0 Å². The summed E-state index contributed by atoms with van der Waals surface area (Å²) in [5.41, 5.74) is -0.0504. The molecule has 3 fully saturated rings. The summed E-state index contributed by atoms with van der Waals surface area (Å²) in [6, 6.07) is 0. The van der Waals surface area contributed by atoms with Crippen LogP contribution in [0.5, 0.6) is 0 Å². The molecule has 0 amide bonds. The molecule has 2 heteroatoms. The van der Waals surface area contributed by atoms with Gasteiger partial charge in [0.05, 0.1) is 15.7 Å². The Bertz CT molecular complexity index is 117. The van der Waals surface area contributed by atoms with E-state index in [9.17, 15) is 0 Å². The van der Waals surface area contributed by atoms with E-state index in [1.54, 1.807) is 0 Å². The Hall–Kier alpha value is 0.130. The quantitative estimate of drug-likeness (QED) is 0.471. The SMILES string of the molecule is [B]C([B])C1CC2CC(C2)C1. The first-order valence-corrected chi connectivity index (χ1v) is 4.27. The van der Waals surface area contributed by atoms with Gasteiger partial charge in [-0.05, 0) is 37.5 Å². The van der Waals surface area contributed by atoms with Crippen LogP contribution < -0.4 is 0 Å². The molecule has 3 saturated carbocycles. The van der Waals surface area contributed by atoms with E-state index in [2.05, 4.69) is 0 Å². The monoisotopic (exact) mass is 130 g/mol. The Labute approximate surface area is 65.6 Å². The molecule has 0 atom stereocenters. The molecule has 3 rings (SSSR count). The van der Waals surface area contributed by atoms with Gasteiger partial charge in [-0.2, -0.15) is 0 Å². The molecule has 50 valence electrons. The molecule has 0 N–H and O–H groups in total. The zero-order valence-corrected chi connectivity index (χ0v) is 6.29. The molecule has 2 bridgehead atoms. The Kier molecular flexibility index (Phi) is 1.58. The molecule has 0 saturated heterocycles. The summed E-state index contributed by atoms with van der Waals surface area (Å²) >= 11 is 0. The van der Waals surface area contributed by atoms with Crippen molar-refractivity contribution >= 4 is 15.7 Å². The van der Waals surface area contributed by atoms with Gasteiger partial charge in [0.15, 0.2) is 0 Å². The van der Waals surface area contributed by atoms with E-state index in [-0.39, 0.29) is 5.72 Å². The van der Waals surface area contributed by atoms with Gasteiger partial charge in [0.2, 0.25) is 0 Å². The first-order valence-electron chi connectivity index (χ1n) is 4.27. The van der Waals surface area contributed by atoms with Gasteiger partial charge in [-0.15, -0.1) is 5.72 Å². The van der Waals surface area contributed by atoms with E-state index < -0.39 is 0 Å². The van der Waals surface area contributed by atoms with Gasteiger partial charge in [-0.25, -0.2) is 0 Å². The second-order valence-corrected chi connectivity index (χ2v) is 4.01. The van der Waals surface area contributed by atoms with E-state index >= 15 is 0 Å². The topological polar surface area (TPSA) is 0 Å². The van der Waals surface area contributed by atoms with Crippen LogP contribution in [0.25, 0.3) is 0 Å². The summed E-state index contributed by atoms with van der Waals surface area (Å²) in [5, 5.41) is 0. The summed E-state index contributed by atoms with van der Waals surface area (Å²) in [5.74, 6) is 2.61. The van der Waals surface area contributed by atoms with Gasteiger partial charge < -0.3 is 0 Å². The molecule has 0 aromatic carbocycles. The zero-order chi connectivity index (χ0) is 7.14. The molecule has 4 radical (unpaired) electrons. The van der Waals surface area contributed by atoms with Crippen LogP contribution >= 0.6 is 0 Å². The van der Waals surface area contributed by atoms with Gasteiger partial charge in [-0.3, -0.25) is 0 Å². The lowest BCUT2D eigenvalue weighted by Gasteiger charge is -2.47. The predicted molar refractivity (Wildman–Crippen MR) is 44.2 cm³/mol.